The topological polar surface area (TPSA) is 141 Å². The molecule has 11 nitrogen and oxygen atoms in total. The summed E-state index contributed by atoms with van der Waals surface area (Å²) in [6.45, 7) is -0.727. The third kappa shape index (κ3) is 10.2. The number of benzene rings is 5. The van der Waals surface area contributed by atoms with Crippen molar-refractivity contribution in [1.82, 2.24) is 4.90 Å². The Morgan fingerprint density at radius 1 is 0.691 bits per heavy atom. The van der Waals surface area contributed by atoms with Crippen molar-refractivity contribution in [3.8, 4) is 34.1 Å². The quantitative estimate of drug-likeness (QED) is 0.0870. The molecule has 0 bridgehead atoms. The number of aliphatic carboxylic acids is 1. The average molecular weight is 757 g/mol. The predicted octanol–water partition coefficient (Wildman–Crippen LogP) is 7.53. The number of alkyl halides is 3. The summed E-state index contributed by atoms with van der Waals surface area (Å²) in [6.07, 6.45) is -5.27. The summed E-state index contributed by atoms with van der Waals surface area (Å²) < 4.78 is 61.7. The zero-order valence-electron chi connectivity index (χ0n) is 29.8. The summed E-state index contributed by atoms with van der Waals surface area (Å²) in [4.78, 5) is 51.6. The molecule has 2 N–H and O–H groups in total. The molecule has 0 aromatic heterocycles. The van der Waals surface area contributed by atoms with Gasteiger partial charge in [0.2, 0.25) is 5.91 Å². The average Bonchev–Trinajstić information content (AvgIpc) is 3.17. The van der Waals surface area contributed by atoms with Gasteiger partial charge < -0.3 is 34.3 Å². The van der Waals surface area contributed by atoms with Crippen molar-refractivity contribution in [3.05, 3.63) is 137 Å². The molecular formula is C41H35F3N2O9. The minimum atomic E-state index is -4.70. The smallest absolute Gasteiger partial charge is 0.416 e. The molecule has 5 aromatic rings. The van der Waals surface area contributed by atoms with E-state index in [1.54, 1.807) is 56.7 Å². The van der Waals surface area contributed by atoms with Crippen molar-refractivity contribution in [2.45, 2.75) is 19.1 Å². The van der Waals surface area contributed by atoms with Gasteiger partial charge in [-0.15, -0.1) is 0 Å². The Morgan fingerprint density at radius 2 is 1.31 bits per heavy atom. The lowest BCUT2D eigenvalue weighted by Crippen LogP contribution is -2.35. The monoisotopic (exact) mass is 756 g/mol. The van der Waals surface area contributed by atoms with E-state index in [0.29, 0.717) is 22.6 Å². The van der Waals surface area contributed by atoms with Gasteiger partial charge in [0.1, 0.15) is 18.0 Å². The van der Waals surface area contributed by atoms with E-state index >= 15 is 0 Å². The van der Waals surface area contributed by atoms with Crippen molar-refractivity contribution < 1.29 is 56.4 Å². The van der Waals surface area contributed by atoms with Crippen LogP contribution in [-0.4, -0.2) is 61.6 Å². The summed E-state index contributed by atoms with van der Waals surface area (Å²) in [7, 11) is 4.33. The number of carbonyl (C=O) groups is 4. The minimum absolute atomic E-state index is 0.00149. The molecule has 0 aliphatic heterocycles. The lowest BCUT2D eigenvalue weighted by molar-refractivity contribution is -0.139. The van der Waals surface area contributed by atoms with Gasteiger partial charge in [-0.25, -0.2) is 4.79 Å². The number of rotatable bonds is 14. The highest BCUT2D eigenvalue weighted by Crippen LogP contribution is 2.35. The number of esters is 1. The van der Waals surface area contributed by atoms with Gasteiger partial charge in [0.15, 0.2) is 11.5 Å². The first-order chi connectivity index (χ1) is 26.3. The van der Waals surface area contributed by atoms with Gasteiger partial charge >= 0.3 is 18.1 Å². The van der Waals surface area contributed by atoms with Crippen molar-refractivity contribution >= 4 is 29.4 Å². The molecule has 5 aromatic carbocycles. The highest BCUT2D eigenvalue weighted by atomic mass is 19.4. The minimum Gasteiger partial charge on any atom is -0.497 e. The molecule has 0 heterocycles. The van der Waals surface area contributed by atoms with Crippen LogP contribution in [0, 0.1) is 0 Å². The van der Waals surface area contributed by atoms with E-state index < -0.39 is 48.5 Å². The number of carboxylic acid groups (broad SMARTS) is 1. The highest BCUT2D eigenvalue weighted by molar-refractivity contribution is 5.97. The van der Waals surface area contributed by atoms with Crippen LogP contribution in [0.15, 0.2) is 109 Å². The maximum absolute atomic E-state index is 13.6. The number of methoxy groups -OCH3 is 3. The van der Waals surface area contributed by atoms with Crippen molar-refractivity contribution in [1.29, 1.82) is 0 Å². The molecule has 14 heteroatoms. The summed E-state index contributed by atoms with van der Waals surface area (Å²) in [6, 6.07) is 27.4. The lowest BCUT2D eigenvalue weighted by Gasteiger charge is -2.21. The van der Waals surface area contributed by atoms with Crippen LogP contribution in [0.5, 0.6) is 23.0 Å². The number of carboxylic acids is 1. The van der Waals surface area contributed by atoms with Crippen LogP contribution in [0.1, 0.15) is 37.4 Å². The number of hydrogen-bond donors (Lipinski definition) is 2. The molecule has 0 saturated heterocycles. The number of anilines is 1. The van der Waals surface area contributed by atoms with Gasteiger partial charge in [-0.2, -0.15) is 13.2 Å². The number of carbonyl (C=O) groups excluding carboxylic acids is 3. The molecule has 2 amide bonds. The molecule has 0 saturated carbocycles. The van der Waals surface area contributed by atoms with E-state index in [-0.39, 0.29) is 34.9 Å². The molecule has 0 aliphatic rings. The van der Waals surface area contributed by atoms with Crippen molar-refractivity contribution in [2.24, 2.45) is 0 Å². The molecule has 0 unspecified atom stereocenters. The van der Waals surface area contributed by atoms with E-state index in [1.807, 2.05) is 12.1 Å². The van der Waals surface area contributed by atoms with E-state index in [4.69, 9.17) is 18.9 Å². The SMILES string of the molecule is COc1ccc(CC(=O)Nc2ccc(C(=O)N(CC(=O)O)Cc3ccc(OC(=O)c4ccc(-c5ccc(OC)c(OC)c5)cc4)cc3)cc2)c(C(F)(F)F)c1. The second-order valence-corrected chi connectivity index (χ2v) is 12.1. The normalized spacial score (nSPS) is 10.9. The Kier molecular flexibility index (Phi) is 12.4. The summed E-state index contributed by atoms with van der Waals surface area (Å²) >= 11 is 0. The fourth-order valence-corrected chi connectivity index (χ4v) is 5.58. The van der Waals surface area contributed by atoms with Crippen LogP contribution in [-0.2, 0) is 28.7 Å². The number of nitrogens with one attached hydrogen (secondary N) is 1. The molecular weight excluding hydrogens is 721 g/mol. The molecule has 55 heavy (non-hydrogen) atoms. The molecule has 0 fully saturated rings. The maximum Gasteiger partial charge on any atom is 0.416 e. The predicted molar refractivity (Wildman–Crippen MR) is 196 cm³/mol. The number of ether oxygens (including phenoxy) is 4. The van der Waals surface area contributed by atoms with Crippen LogP contribution in [0.25, 0.3) is 11.1 Å². The lowest BCUT2D eigenvalue weighted by atomic mass is 10.0. The summed E-state index contributed by atoms with van der Waals surface area (Å²) in [5, 5.41) is 12.0. The molecule has 0 spiro atoms. The van der Waals surface area contributed by atoms with Crippen molar-refractivity contribution in [2.75, 3.05) is 33.2 Å². The Labute approximate surface area is 313 Å². The second kappa shape index (κ2) is 17.3. The first-order valence-corrected chi connectivity index (χ1v) is 16.6. The van der Waals surface area contributed by atoms with Crippen LogP contribution in [0.3, 0.4) is 0 Å². The maximum atomic E-state index is 13.6. The molecule has 0 radical (unpaired) electrons. The van der Waals surface area contributed by atoms with Gasteiger partial charge in [-0.05, 0) is 95.1 Å². The highest BCUT2D eigenvalue weighted by Gasteiger charge is 2.34. The number of amides is 2. The zero-order valence-corrected chi connectivity index (χ0v) is 29.8. The Balaban J connectivity index is 1.19. The number of halogens is 3. The van der Waals surface area contributed by atoms with Gasteiger partial charge in [0, 0.05) is 17.8 Å². The first kappa shape index (κ1) is 39.4. The fraction of sp³-hybridized carbons (Fsp3) is 0.171. The van der Waals surface area contributed by atoms with Crippen LogP contribution in [0.2, 0.25) is 0 Å². The Hall–Kier alpha value is -6.83. The van der Waals surface area contributed by atoms with Gasteiger partial charge in [-0.1, -0.05) is 36.4 Å². The molecule has 0 atom stereocenters. The van der Waals surface area contributed by atoms with Crippen LogP contribution in [0.4, 0.5) is 18.9 Å². The van der Waals surface area contributed by atoms with E-state index in [9.17, 15) is 37.5 Å². The second-order valence-electron chi connectivity index (χ2n) is 12.1. The van der Waals surface area contributed by atoms with Gasteiger partial charge in [0.25, 0.3) is 5.91 Å². The molecule has 0 aliphatic carbocycles. The van der Waals surface area contributed by atoms with Crippen LogP contribution >= 0.6 is 0 Å². The van der Waals surface area contributed by atoms with E-state index in [1.165, 1.54) is 55.6 Å². The Morgan fingerprint density at radius 3 is 1.91 bits per heavy atom. The standard InChI is InChI=1S/C41H35F3N2O9/c1-52-33-18-12-30(34(22-33)41(42,43)44)21-37(47)45-31-14-10-27(11-15-31)39(50)46(24-38(48)49)23-25-4-16-32(17-5-25)55-40(51)28-8-6-26(7-9-28)29-13-19-35(53-2)36(20-29)54-3/h4-20,22H,21,23-24H2,1-3H3,(H,45,47)(H,48,49). The van der Waals surface area contributed by atoms with Gasteiger partial charge in [0.05, 0.1) is 38.9 Å². The van der Waals surface area contributed by atoms with E-state index in [0.717, 1.165) is 22.1 Å². The largest absolute Gasteiger partial charge is 0.497 e. The first-order valence-electron chi connectivity index (χ1n) is 16.6. The molecule has 5 rings (SSSR count). The van der Waals surface area contributed by atoms with Gasteiger partial charge in [-0.3, -0.25) is 14.4 Å². The summed E-state index contributed by atoms with van der Waals surface area (Å²) in [5.41, 5.74) is 1.65. The fourth-order valence-electron chi connectivity index (χ4n) is 5.58. The Bertz CT molecular complexity index is 2170. The molecule has 284 valence electrons. The number of nitrogens with zero attached hydrogens (tertiary/aromatic N) is 1. The van der Waals surface area contributed by atoms with Crippen LogP contribution < -0.4 is 24.3 Å². The number of hydrogen-bond acceptors (Lipinski definition) is 8. The summed E-state index contributed by atoms with van der Waals surface area (Å²) in [5.74, 6) is -1.81. The third-order valence-corrected chi connectivity index (χ3v) is 8.35. The zero-order chi connectivity index (χ0) is 39.7. The van der Waals surface area contributed by atoms with Crippen molar-refractivity contribution in [3.63, 3.8) is 0 Å². The third-order valence-electron chi connectivity index (χ3n) is 8.35. The van der Waals surface area contributed by atoms with E-state index in [2.05, 4.69) is 5.32 Å².